The van der Waals surface area contributed by atoms with Crippen molar-refractivity contribution < 1.29 is 4.74 Å². The zero-order valence-corrected chi connectivity index (χ0v) is 11.9. The lowest BCUT2D eigenvalue weighted by atomic mass is 10.2. The SMILES string of the molecule is CCOc1cccc(CNCCCCN(C)C)c1. The van der Waals surface area contributed by atoms with E-state index in [1.54, 1.807) is 0 Å². The standard InChI is InChI=1S/C15H26N2O/c1-4-18-15-9-7-8-14(12-15)13-16-10-5-6-11-17(2)3/h7-9,12,16H,4-6,10-11,13H2,1-3H3. The molecule has 3 nitrogen and oxygen atoms in total. The molecule has 0 aromatic heterocycles. The molecule has 0 spiro atoms. The summed E-state index contributed by atoms with van der Waals surface area (Å²) in [6.45, 7) is 5.90. The minimum atomic E-state index is 0.724. The van der Waals surface area contributed by atoms with Gasteiger partial charge in [0.2, 0.25) is 0 Å². The lowest BCUT2D eigenvalue weighted by Crippen LogP contribution is -2.18. The topological polar surface area (TPSA) is 24.5 Å². The van der Waals surface area contributed by atoms with E-state index >= 15 is 0 Å². The van der Waals surface area contributed by atoms with E-state index in [9.17, 15) is 0 Å². The summed E-state index contributed by atoms with van der Waals surface area (Å²) in [6, 6.07) is 8.30. The average Bonchev–Trinajstić information content (AvgIpc) is 2.34. The van der Waals surface area contributed by atoms with Gasteiger partial charge < -0.3 is 15.0 Å². The van der Waals surface area contributed by atoms with Gasteiger partial charge in [-0.2, -0.15) is 0 Å². The second kappa shape index (κ2) is 8.95. The number of hydrogen-bond acceptors (Lipinski definition) is 3. The van der Waals surface area contributed by atoms with Crippen molar-refractivity contribution in [1.82, 2.24) is 10.2 Å². The Morgan fingerprint density at radius 3 is 2.78 bits per heavy atom. The third-order valence-electron chi connectivity index (χ3n) is 2.75. The molecule has 3 heteroatoms. The number of ether oxygens (including phenoxy) is 1. The Kier molecular flexibility index (Phi) is 7.46. The Bertz CT molecular complexity index is 326. The number of hydrogen-bond donors (Lipinski definition) is 1. The van der Waals surface area contributed by atoms with Gasteiger partial charge in [0.15, 0.2) is 0 Å². The van der Waals surface area contributed by atoms with E-state index in [4.69, 9.17) is 4.74 Å². The van der Waals surface area contributed by atoms with Crippen LogP contribution in [0, 0.1) is 0 Å². The molecule has 18 heavy (non-hydrogen) atoms. The summed E-state index contributed by atoms with van der Waals surface area (Å²) in [4.78, 5) is 2.23. The van der Waals surface area contributed by atoms with Gasteiger partial charge in [0.05, 0.1) is 6.61 Å². The molecule has 1 aromatic carbocycles. The van der Waals surface area contributed by atoms with Gasteiger partial charge in [-0.3, -0.25) is 0 Å². The number of rotatable bonds is 9. The van der Waals surface area contributed by atoms with E-state index in [0.717, 1.165) is 25.4 Å². The lowest BCUT2D eigenvalue weighted by Gasteiger charge is -2.10. The van der Waals surface area contributed by atoms with E-state index < -0.39 is 0 Å². The van der Waals surface area contributed by atoms with Crippen LogP contribution in [0.5, 0.6) is 5.75 Å². The van der Waals surface area contributed by atoms with Crippen molar-refractivity contribution in [3.63, 3.8) is 0 Å². The predicted octanol–water partition coefficient (Wildman–Crippen LogP) is 2.52. The van der Waals surface area contributed by atoms with Gasteiger partial charge in [0, 0.05) is 6.54 Å². The minimum Gasteiger partial charge on any atom is -0.494 e. The highest BCUT2D eigenvalue weighted by molar-refractivity contribution is 5.28. The van der Waals surface area contributed by atoms with Crippen LogP contribution in [-0.4, -0.2) is 38.7 Å². The Morgan fingerprint density at radius 1 is 1.22 bits per heavy atom. The fourth-order valence-electron chi connectivity index (χ4n) is 1.82. The molecule has 0 radical (unpaired) electrons. The minimum absolute atomic E-state index is 0.724. The zero-order chi connectivity index (χ0) is 13.2. The lowest BCUT2D eigenvalue weighted by molar-refractivity contribution is 0.340. The Labute approximate surface area is 111 Å². The number of unbranched alkanes of at least 4 members (excludes halogenated alkanes) is 1. The van der Waals surface area contributed by atoms with Crippen LogP contribution in [0.3, 0.4) is 0 Å². The first-order valence-corrected chi connectivity index (χ1v) is 6.79. The molecule has 0 aliphatic rings. The summed E-state index contributed by atoms with van der Waals surface area (Å²) in [6.07, 6.45) is 2.47. The second-order valence-corrected chi connectivity index (χ2v) is 4.77. The summed E-state index contributed by atoms with van der Waals surface area (Å²) >= 11 is 0. The van der Waals surface area contributed by atoms with Gasteiger partial charge in [0.1, 0.15) is 5.75 Å². The van der Waals surface area contributed by atoms with Crippen molar-refractivity contribution in [2.75, 3.05) is 33.8 Å². The maximum absolute atomic E-state index is 5.48. The molecule has 1 aromatic rings. The molecule has 0 amide bonds. The molecule has 0 aliphatic carbocycles. The predicted molar refractivity (Wildman–Crippen MR) is 77.1 cm³/mol. The van der Waals surface area contributed by atoms with Crippen LogP contribution < -0.4 is 10.1 Å². The van der Waals surface area contributed by atoms with E-state index in [-0.39, 0.29) is 0 Å². The highest BCUT2D eigenvalue weighted by Gasteiger charge is 1.96. The smallest absolute Gasteiger partial charge is 0.119 e. The molecule has 0 aliphatic heterocycles. The number of benzene rings is 1. The van der Waals surface area contributed by atoms with Crippen LogP contribution in [-0.2, 0) is 6.54 Å². The third kappa shape index (κ3) is 6.62. The van der Waals surface area contributed by atoms with Crippen LogP contribution in [0.4, 0.5) is 0 Å². The summed E-state index contributed by atoms with van der Waals surface area (Å²) in [5.41, 5.74) is 1.29. The van der Waals surface area contributed by atoms with Crippen molar-refractivity contribution in [2.24, 2.45) is 0 Å². The zero-order valence-electron chi connectivity index (χ0n) is 11.9. The van der Waals surface area contributed by atoms with E-state index in [0.29, 0.717) is 0 Å². The Hall–Kier alpha value is -1.06. The summed E-state index contributed by atoms with van der Waals surface area (Å²) in [5, 5.41) is 3.47. The normalized spacial score (nSPS) is 10.9. The molecule has 0 atom stereocenters. The van der Waals surface area contributed by atoms with Gasteiger partial charge >= 0.3 is 0 Å². The number of nitrogens with zero attached hydrogens (tertiary/aromatic N) is 1. The fraction of sp³-hybridized carbons (Fsp3) is 0.600. The third-order valence-corrected chi connectivity index (χ3v) is 2.75. The summed E-state index contributed by atoms with van der Waals surface area (Å²) in [5.74, 6) is 0.962. The summed E-state index contributed by atoms with van der Waals surface area (Å²) < 4.78 is 5.48. The monoisotopic (exact) mass is 250 g/mol. The number of nitrogens with one attached hydrogen (secondary N) is 1. The van der Waals surface area contributed by atoms with E-state index in [1.807, 2.05) is 19.1 Å². The molecule has 0 heterocycles. The summed E-state index contributed by atoms with van der Waals surface area (Å²) in [7, 11) is 4.24. The maximum atomic E-state index is 5.48. The molecule has 0 saturated heterocycles. The van der Waals surface area contributed by atoms with Crippen LogP contribution in [0.25, 0.3) is 0 Å². The van der Waals surface area contributed by atoms with Crippen LogP contribution in [0.1, 0.15) is 25.3 Å². The van der Waals surface area contributed by atoms with Gasteiger partial charge in [-0.25, -0.2) is 0 Å². The molecule has 0 bridgehead atoms. The van der Waals surface area contributed by atoms with Crippen molar-refractivity contribution in [2.45, 2.75) is 26.3 Å². The van der Waals surface area contributed by atoms with Crippen molar-refractivity contribution in [3.05, 3.63) is 29.8 Å². The Morgan fingerprint density at radius 2 is 2.06 bits per heavy atom. The largest absolute Gasteiger partial charge is 0.494 e. The average molecular weight is 250 g/mol. The molecule has 1 rings (SSSR count). The molecule has 1 N–H and O–H groups in total. The van der Waals surface area contributed by atoms with Crippen molar-refractivity contribution in [3.8, 4) is 5.75 Å². The highest BCUT2D eigenvalue weighted by Crippen LogP contribution is 2.12. The first-order valence-electron chi connectivity index (χ1n) is 6.79. The molecule has 0 unspecified atom stereocenters. The quantitative estimate of drug-likeness (QED) is 0.682. The maximum Gasteiger partial charge on any atom is 0.119 e. The fourth-order valence-corrected chi connectivity index (χ4v) is 1.82. The van der Waals surface area contributed by atoms with Crippen molar-refractivity contribution in [1.29, 1.82) is 0 Å². The van der Waals surface area contributed by atoms with Gasteiger partial charge in [0.25, 0.3) is 0 Å². The van der Waals surface area contributed by atoms with Gasteiger partial charge in [-0.15, -0.1) is 0 Å². The van der Waals surface area contributed by atoms with Gasteiger partial charge in [-0.1, -0.05) is 12.1 Å². The molecule has 0 fully saturated rings. The Balaban J connectivity index is 2.16. The van der Waals surface area contributed by atoms with Gasteiger partial charge in [-0.05, 0) is 64.6 Å². The molecule has 0 saturated carbocycles. The molecular weight excluding hydrogens is 224 g/mol. The molecule has 102 valence electrons. The first kappa shape index (κ1) is 15.0. The van der Waals surface area contributed by atoms with Crippen LogP contribution in [0.15, 0.2) is 24.3 Å². The highest BCUT2D eigenvalue weighted by atomic mass is 16.5. The van der Waals surface area contributed by atoms with E-state index in [1.165, 1.54) is 24.9 Å². The second-order valence-electron chi connectivity index (χ2n) is 4.77. The van der Waals surface area contributed by atoms with Crippen LogP contribution >= 0.6 is 0 Å². The van der Waals surface area contributed by atoms with Crippen molar-refractivity contribution >= 4 is 0 Å². The van der Waals surface area contributed by atoms with E-state index in [2.05, 4.69) is 36.4 Å². The first-order chi connectivity index (χ1) is 8.72. The molecular formula is C15H26N2O. The van der Waals surface area contributed by atoms with Crippen LogP contribution in [0.2, 0.25) is 0 Å².